The van der Waals surface area contributed by atoms with E-state index in [1.165, 1.54) is 0 Å². The van der Waals surface area contributed by atoms with Crippen molar-refractivity contribution >= 4 is 0 Å². The molecule has 21 heavy (non-hydrogen) atoms. The zero-order valence-corrected chi connectivity index (χ0v) is 12.3. The monoisotopic (exact) mass is 289 g/mol. The van der Waals surface area contributed by atoms with Crippen molar-refractivity contribution < 1.29 is 14.0 Å². The largest absolute Gasteiger partial charge is 0.486 e. The van der Waals surface area contributed by atoms with Gasteiger partial charge in [-0.25, -0.2) is 0 Å². The van der Waals surface area contributed by atoms with Crippen molar-refractivity contribution in [3.8, 4) is 11.5 Å². The fourth-order valence-electron chi connectivity index (χ4n) is 2.19. The first-order valence-corrected chi connectivity index (χ1v) is 7.12. The van der Waals surface area contributed by atoms with Crippen LogP contribution in [0.15, 0.2) is 22.7 Å². The Bertz CT molecular complexity index is 612. The number of nitrogens with one attached hydrogen (secondary N) is 1. The number of aromatic nitrogens is 2. The molecule has 1 aromatic heterocycles. The highest BCUT2D eigenvalue weighted by atomic mass is 16.6. The number of hydrogen-bond acceptors (Lipinski definition) is 6. The van der Waals surface area contributed by atoms with Gasteiger partial charge in [-0.2, -0.15) is 4.98 Å². The molecule has 1 aliphatic rings. The molecule has 0 spiro atoms. The van der Waals surface area contributed by atoms with Crippen LogP contribution in [0.25, 0.3) is 0 Å². The van der Waals surface area contributed by atoms with E-state index in [2.05, 4.69) is 22.4 Å². The number of hydrogen-bond donors (Lipinski definition) is 1. The van der Waals surface area contributed by atoms with Gasteiger partial charge in [0.1, 0.15) is 13.2 Å². The maximum absolute atomic E-state index is 5.57. The Kier molecular flexibility index (Phi) is 4.06. The van der Waals surface area contributed by atoms with Gasteiger partial charge >= 0.3 is 0 Å². The van der Waals surface area contributed by atoms with Crippen LogP contribution < -0.4 is 14.8 Å². The summed E-state index contributed by atoms with van der Waals surface area (Å²) in [5.41, 5.74) is 1.07. The van der Waals surface area contributed by atoms with E-state index >= 15 is 0 Å². The predicted octanol–water partition coefficient (Wildman–Crippen LogP) is 1.58. The number of rotatable bonds is 5. The van der Waals surface area contributed by atoms with Crippen LogP contribution in [0.2, 0.25) is 0 Å². The topological polar surface area (TPSA) is 69.4 Å². The van der Waals surface area contributed by atoms with Crippen LogP contribution >= 0.6 is 0 Å². The molecule has 0 amide bonds. The molecule has 6 nitrogen and oxygen atoms in total. The Morgan fingerprint density at radius 2 is 2.05 bits per heavy atom. The lowest BCUT2D eigenvalue weighted by atomic mass is 10.1. The Morgan fingerprint density at radius 1 is 1.24 bits per heavy atom. The minimum atomic E-state index is 0.324. The van der Waals surface area contributed by atoms with Crippen LogP contribution in [-0.2, 0) is 12.8 Å². The molecule has 0 saturated carbocycles. The van der Waals surface area contributed by atoms with Crippen molar-refractivity contribution in [2.75, 3.05) is 20.3 Å². The van der Waals surface area contributed by atoms with Crippen LogP contribution in [0.3, 0.4) is 0 Å². The fraction of sp³-hybridized carbons (Fsp3) is 0.467. The summed E-state index contributed by atoms with van der Waals surface area (Å²) in [6, 6.07) is 6.21. The fourth-order valence-corrected chi connectivity index (χ4v) is 2.19. The molecule has 2 aromatic rings. The molecule has 1 aromatic carbocycles. The molecule has 1 atom stereocenters. The summed E-state index contributed by atoms with van der Waals surface area (Å²) < 4.78 is 16.4. The normalized spacial score (nSPS) is 15.0. The molecule has 3 rings (SSSR count). The lowest BCUT2D eigenvalue weighted by Gasteiger charge is -2.18. The second-order valence-electron chi connectivity index (χ2n) is 5.15. The molecule has 112 valence electrons. The third kappa shape index (κ3) is 3.33. The van der Waals surface area contributed by atoms with Crippen LogP contribution in [0.4, 0.5) is 0 Å². The summed E-state index contributed by atoms with van der Waals surface area (Å²) >= 11 is 0. The van der Waals surface area contributed by atoms with Gasteiger partial charge in [0.15, 0.2) is 17.3 Å². The summed E-state index contributed by atoms with van der Waals surface area (Å²) in [6.45, 7) is 3.27. The van der Waals surface area contributed by atoms with Gasteiger partial charge in [-0.1, -0.05) is 11.2 Å². The Labute approximate surface area is 123 Å². The van der Waals surface area contributed by atoms with Crippen LogP contribution in [-0.4, -0.2) is 36.4 Å². The number of fused-ring (bicyclic) bond motifs is 1. The molecule has 0 fully saturated rings. The Hall–Kier alpha value is -2.08. The highest BCUT2D eigenvalue weighted by molar-refractivity contribution is 5.44. The van der Waals surface area contributed by atoms with E-state index in [1.807, 2.05) is 25.2 Å². The van der Waals surface area contributed by atoms with Gasteiger partial charge in [0, 0.05) is 12.5 Å². The van der Waals surface area contributed by atoms with Crippen LogP contribution in [0.5, 0.6) is 11.5 Å². The summed E-state index contributed by atoms with van der Waals surface area (Å²) in [6.07, 6.45) is 1.35. The van der Waals surface area contributed by atoms with Crippen molar-refractivity contribution in [1.82, 2.24) is 15.5 Å². The van der Waals surface area contributed by atoms with Gasteiger partial charge in [-0.05, 0) is 31.7 Å². The zero-order chi connectivity index (χ0) is 14.7. The third-order valence-electron chi connectivity index (χ3n) is 3.45. The molecule has 0 bridgehead atoms. The van der Waals surface area contributed by atoms with Gasteiger partial charge in [-0.15, -0.1) is 0 Å². The maximum Gasteiger partial charge on any atom is 0.231 e. The minimum Gasteiger partial charge on any atom is -0.486 e. The van der Waals surface area contributed by atoms with E-state index in [1.54, 1.807) is 0 Å². The average molecular weight is 289 g/mol. The maximum atomic E-state index is 5.57. The molecule has 0 saturated heterocycles. The average Bonchev–Trinajstić information content (AvgIpc) is 2.94. The van der Waals surface area contributed by atoms with E-state index in [0.717, 1.165) is 29.3 Å². The first-order chi connectivity index (χ1) is 10.2. The highest BCUT2D eigenvalue weighted by Gasteiger charge is 2.14. The van der Waals surface area contributed by atoms with Crippen LogP contribution in [0.1, 0.15) is 24.2 Å². The molecule has 2 heterocycles. The molecule has 1 unspecified atom stereocenters. The van der Waals surface area contributed by atoms with Crippen molar-refractivity contribution in [3.63, 3.8) is 0 Å². The Balaban J connectivity index is 1.69. The molecule has 0 radical (unpaired) electrons. The van der Waals surface area contributed by atoms with Gasteiger partial charge in [0.05, 0.1) is 6.42 Å². The standard InChI is InChI=1S/C15H19N3O3/c1-10(16-2)7-14-17-15(21-18-14)9-11-3-4-12-13(8-11)20-6-5-19-12/h3-4,8,10,16H,5-7,9H2,1-2H3. The number of benzene rings is 1. The molecule has 1 N–H and O–H groups in total. The zero-order valence-electron chi connectivity index (χ0n) is 12.3. The number of likely N-dealkylation sites (N-methyl/N-ethyl adjacent to an activating group) is 1. The predicted molar refractivity (Wildman–Crippen MR) is 76.8 cm³/mol. The smallest absolute Gasteiger partial charge is 0.231 e. The highest BCUT2D eigenvalue weighted by Crippen LogP contribution is 2.31. The van der Waals surface area contributed by atoms with E-state index < -0.39 is 0 Å². The second-order valence-corrected chi connectivity index (χ2v) is 5.15. The first-order valence-electron chi connectivity index (χ1n) is 7.12. The van der Waals surface area contributed by atoms with E-state index in [0.29, 0.717) is 31.6 Å². The summed E-state index contributed by atoms with van der Waals surface area (Å²) in [7, 11) is 1.92. The second kappa shape index (κ2) is 6.13. The molecular weight excluding hydrogens is 270 g/mol. The summed E-state index contributed by atoms with van der Waals surface area (Å²) in [5, 5.41) is 7.16. The van der Waals surface area contributed by atoms with E-state index in [4.69, 9.17) is 14.0 Å². The van der Waals surface area contributed by atoms with Crippen molar-refractivity contribution in [2.24, 2.45) is 0 Å². The van der Waals surface area contributed by atoms with E-state index in [9.17, 15) is 0 Å². The first kappa shape index (κ1) is 13.9. The quantitative estimate of drug-likeness (QED) is 0.901. The lowest BCUT2D eigenvalue weighted by Crippen LogP contribution is -2.24. The third-order valence-corrected chi connectivity index (χ3v) is 3.45. The Morgan fingerprint density at radius 3 is 2.86 bits per heavy atom. The molecular formula is C15H19N3O3. The van der Waals surface area contributed by atoms with Crippen molar-refractivity contribution in [2.45, 2.75) is 25.8 Å². The summed E-state index contributed by atoms with van der Waals surface area (Å²) in [5.74, 6) is 2.91. The van der Waals surface area contributed by atoms with Crippen molar-refractivity contribution in [3.05, 3.63) is 35.5 Å². The number of ether oxygens (including phenoxy) is 2. The molecule has 6 heteroatoms. The van der Waals surface area contributed by atoms with Crippen LogP contribution in [0, 0.1) is 0 Å². The van der Waals surface area contributed by atoms with Gasteiger partial charge < -0.3 is 19.3 Å². The van der Waals surface area contributed by atoms with Gasteiger partial charge in [0.25, 0.3) is 0 Å². The lowest BCUT2D eigenvalue weighted by molar-refractivity contribution is 0.171. The van der Waals surface area contributed by atoms with Gasteiger partial charge in [-0.3, -0.25) is 0 Å². The SMILES string of the molecule is CNC(C)Cc1noc(Cc2ccc3c(c2)OCCO3)n1. The summed E-state index contributed by atoms with van der Waals surface area (Å²) in [4.78, 5) is 4.42. The number of nitrogens with zero attached hydrogens (tertiary/aromatic N) is 2. The minimum absolute atomic E-state index is 0.324. The van der Waals surface area contributed by atoms with Crippen molar-refractivity contribution in [1.29, 1.82) is 0 Å². The van der Waals surface area contributed by atoms with E-state index in [-0.39, 0.29) is 0 Å². The molecule has 0 aliphatic carbocycles. The molecule has 1 aliphatic heterocycles. The van der Waals surface area contributed by atoms with Gasteiger partial charge in [0.2, 0.25) is 5.89 Å².